The lowest BCUT2D eigenvalue weighted by atomic mass is 10.0. The summed E-state index contributed by atoms with van der Waals surface area (Å²) in [5.74, 6) is -0.0205. The van der Waals surface area contributed by atoms with E-state index in [1.54, 1.807) is 6.20 Å². The van der Waals surface area contributed by atoms with E-state index in [-0.39, 0.29) is 17.9 Å². The van der Waals surface area contributed by atoms with E-state index >= 15 is 0 Å². The van der Waals surface area contributed by atoms with Gasteiger partial charge in [0.15, 0.2) is 0 Å². The number of H-pyrrole nitrogens is 1. The van der Waals surface area contributed by atoms with Crippen LogP contribution in [-0.2, 0) is 4.79 Å². The Balaban J connectivity index is 1.77. The monoisotopic (exact) mass is 244 g/mol. The Bertz CT molecular complexity index is 577. The predicted molar refractivity (Wildman–Crippen MR) is 70.0 cm³/mol. The first-order valence-corrected chi connectivity index (χ1v) is 6.23. The number of fused-ring (bicyclic) bond motifs is 1. The van der Waals surface area contributed by atoms with Crippen LogP contribution in [0.15, 0.2) is 24.4 Å². The van der Waals surface area contributed by atoms with Crippen molar-refractivity contribution >= 4 is 22.5 Å². The van der Waals surface area contributed by atoms with Crippen LogP contribution in [0.1, 0.15) is 19.3 Å². The highest BCUT2D eigenvalue weighted by Gasteiger charge is 2.30. The predicted octanol–water partition coefficient (Wildman–Crippen LogP) is 1.63. The van der Waals surface area contributed by atoms with Gasteiger partial charge in [-0.2, -0.15) is 5.10 Å². The number of amides is 1. The van der Waals surface area contributed by atoms with Gasteiger partial charge >= 0.3 is 0 Å². The average molecular weight is 244 g/mol. The number of anilines is 1. The van der Waals surface area contributed by atoms with Crippen molar-refractivity contribution in [2.75, 3.05) is 5.32 Å². The van der Waals surface area contributed by atoms with Crippen LogP contribution in [0.2, 0.25) is 0 Å². The maximum Gasteiger partial charge on any atom is 0.229 e. The molecule has 3 rings (SSSR count). The molecule has 1 fully saturated rings. The minimum atomic E-state index is -0.0509. The Morgan fingerprint density at radius 2 is 2.33 bits per heavy atom. The topological polar surface area (TPSA) is 83.8 Å². The van der Waals surface area contributed by atoms with Gasteiger partial charge in [-0.15, -0.1) is 0 Å². The van der Waals surface area contributed by atoms with Gasteiger partial charge in [-0.3, -0.25) is 9.89 Å². The van der Waals surface area contributed by atoms with Crippen LogP contribution in [-0.4, -0.2) is 22.1 Å². The van der Waals surface area contributed by atoms with E-state index in [1.807, 2.05) is 18.2 Å². The SMILES string of the molecule is N[C@H]1CCC[C@@H]1C(=O)Nc1ccc2[nH]ncc2c1. The molecule has 0 unspecified atom stereocenters. The molecular weight excluding hydrogens is 228 g/mol. The zero-order valence-electron chi connectivity index (χ0n) is 10.0. The zero-order chi connectivity index (χ0) is 12.5. The summed E-state index contributed by atoms with van der Waals surface area (Å²) >= 11 is 0. The summed E-state index contributed by atoms with van der Waals surface area (Å²) in [6, 6.07) is 5.70. The van der Waals surface area contributed by atoms with Crippen LogP contribution in [0.4, 0.5) is 5.69 Å². The van der Waals surface area contributed by atoms with Gasteiger partial charge in [0, 0.05) is 17.1 Å². The largest absolute Gasteiger partial charge is 0.327 e. The summed E-state index contributed by atoms with van der Waals surface area (Å²) in [4.78, 5) is 12.1. The number of nitrogens with two attached hydrogens (primary N) is 1. The van der Waals surface area contributed by atoms with Crippen molar-refractivity contribution in [2.24, 2.45) is 11.7 Å². The first-order chi connectivity index (χ1) is 8.74. The number of nitrogens with zero attached hydrogens (tertiary/aromatic N) is 1. The highest BCUT2D eigenvalue weighted by Crippen LogP contribution is 2.26. The quantitative estimate of drug-likeness (QED) is 0.750. The minimum Gasteiger partial charge on any atom is -0.327 e. The van der Waals surface area contributed by atoms with Crippen LogP contribution in [0.5, 0.6) is 0 Å². The fourth-order valence-corrected chi connectivity index (χ4v) is 2.57. The number of nitrogens with one attached hydrogen (secondary N) is 2. The number of rotatable bonds is 2. The van der Waals surface area contributed by atoms with Gasteiger partial charge in [-0.1, -0.05) is 6.42 Å². The zero-order valence-corrected chi connectivity index (χ0v) is 10.0. The fourth-order valence-electron chi connectivity index (χ4n) is 2.57. The van der Waals surface area contributed by atoms with Gasteiger partial charge in [-0.05, 0) is 31.0 Å². The maximum absolute atomic E-state index is 12.1. The number of hydrogen-bond donors (Lipinski definition) is 3. The summed E-state index contributed by atoms with van der Waals surface area (Å²) in [6.45, 7) is 0. The Morgan fingerprint density at radius 1 is 1.44 bits per heavy atom. The summed E-state index contributed by atoms with van der Waals surface area (Å²) in [7, 11) is 0. The molecule has 0 radical (unpaired) electrons. The molecule has 4 N–H and O–H groups in total. The van der Waals surface area contributed by atoms with E-state index in [9.17, 15) is 4.79 Å². The normalized spacial score (nSPS) is 23.4. The highest BCUT2D eigenvalue weighted by atomic mass is 16.1. The molecule has 0 saturated heterocycles. The molecule has 5 nitrogen and oxygen atoms in total. The molecule has 0 aliphatic heterocycles. The third-order valence-electron chi connectivity index (χ3n) is 3.61. The molecule has 5 heteroatoms. The van der Waals surface area contributed by atoms with E-state index in [1.165, 1.54) is 0 Å². The Kier molecular flexibility index (Phi) is 2.76. The summed E-state index contributed by atoms with van der Waals surface area (Å²) in [5.41, 5.74) is 7.69. The van der Waals surface area contributed by atoms with Gasteiger partial charge in [0.05, 0.1) is 17.6 Å². The van der Waals surface area contributed by atoms with Crippen molar-refractivity contribution < 1.29 is 4.79 Å². The molecule has 0 bridgehead atoms. The molecule has 1 aromatic heterocycles. The number of hydrogen-bond acceptors (Lipinski definition) is 3. The molecule has 1 saturated carbocycles. The molecular formula is C13H16N4O. The molecule has 0 spiro atoms. The molecule has 2 aromatic rings. The van der Waals surface area contributed by atoms with Gasteiger partial charge in [0.25, 0.3) is 0 Å². The molecule has 1 amide bonds. The van der Waals surface area contributed by atoms with Gasteiger partial charge in [0.2, 0.25) is 5.91 Å². The lowest BCUT2D eigenvalue weighted by molar-refractivity contribution is -0.120. The van der Waals surface area contributed by atoms with Crippen LogP contribution in [0, 0.1) is 5.92 Å². The average Bonchev–Trinajstić information content (AvgIpc) is 2.96. The molecule has 1 heterocycles. The number of carbonyl (C=O) groups excluding carboxylic acids is 1. The lowest BCUT2D eigenvalue weighted by Gasteiger charge is -2.15. The smallest absolute Gasteiger partial charge is 0.229 e. The summed E-state index contributed by atoms with van der Waals surface area (Å²) in [6.07, 6.45) is 4.62. The minimum absolute atomic E-state index is 0.00246. The van der Waals surface area contributed by atoms with Crippen molar-refractivity contribution in [2.45, 2.75) is 25.3 Å². The number of benzene rings is 1. The number of aromatic nitrogens is 2. The second kappa shape index (κ2) is 4.42. The number of aromatic amines is 1. The van der Waals surface area contributed by atoms with Gasteiger partial charge in [0.1, 0.15) is 0 Å². The van der Waals surface area contributed by atoms with E-state index in [0.717, 1.165) is 35.9 Å². The highest BCUT2D eigenvalue weighted by molar-refractivity contribution is 5.95. The Labute approximate surface area is 105 Å². The van der Waals surface area contributed by atoms with Crippen molar-refractivity contribution in [1.82, 2.24) is 10.2 Å². The van der Waals surface area contributed by atoms with Crippen LogP contribution in [0.25, 0.3) is 10.9 Å². The van der Waals surface area contributed by atoms with Crippen LogP contribution >= 0.6 is 0 Å². The summed E-state index contributed by atoms with van der Waals surface area (Å²) < 4.78 is 0. The van der Waals surface area contributed by atoms with Crippen LogP contribution in [0.3, 0.4) is 0 Å². The van der Waals surface area contributed by atoms with E-state index in [4.69, 9.17) is 5.73 Å². The van der Waals surface area contributed by atoms with E-state index in [0.29, 0.717) is 0 Å². The lowest BCUT2D eigenvalue weighted by Crippen LogP contribution is -2.34. The van der Waals surface area contributed by atoms with Crippen LogP contribution < -0.4 is 11.1 Å². The van der Waals surface area contributed by atoms with Crippen molar-refractivity contribution in [3.05, 3.63) is 24.4 Å². The van der Waals surface area contributed by atoms with Crippen molar-refractivity contribution in [1.29, 1.82) is 0 Å². The molecule has 18 heavy (non-hydrogen) atoms. The summed E-state index contributed by atoms with van der Waals surface area (Å²) in [5, 5.41) is 10.8. The molecule has 94 valence electrons. The van der Waals surface area contributed by atoms with Gasteiger partial charge in [-0.25, -0.2) is 0 Å². The van der Waals surface area contributed by atoms with Gasteiger partial charge < -0.3 is 11.1 Å². The molecule has 2 atom stereocenters. The second-order valence-corrected chi connectivity index (χ2v) is 4.86. The molecule has 1 aliphatic carbocycles. The van der Waals surface area contributed by atoms with E-state index < -0.39 is 0 Å². The van der Waals surface area contributed by atoms with Crippen molar-refractivity contribution in [3.8, 4) is 0 Å². The third-order valence-corrected chi connectivity index (χ3v) is 3.61. The first-order valence-electron chi connectivity index (χ1n) is 6.23. The maximum atomic E-state index is 12.1. The standard InChI is InChI=1S/C13H16N4O/c14-11-3-1-2-10(11)13(18)16-9-4-5-12-8(6-9)7-15-17-12/h4-7,10-11H,1-3,14H2,(H,15,17)(H,16,18)/t10-,11-/m0/s1. The van der Waals surface area contributed by atoms with Crippen molar-refractivity contribution in [3.63, 3.8) is 0 Å². The molecule has 1 aromatic carbocycles. The van der Waals surface area contributed by atoms with E-state index in [2.05, 4.69) is 15.5 Å². The second-order valence-electron chi connectivity index (χ2n) is 4.86. The fraction of sp³-hybridized carbons (Fsp3) is 0.385. The molecule has 1 aliphatic rings. The Hall–Kier alpha value is -1.88. The third kappa shape index (κ3) is 1.97. The number of carbonyl (C=O) groups is 1. The first kappa shape index (κ1) is 11.2. The Morgan fingerprint density at radius 3 is 3.11 bits per heavy atom.